The molecule has 0 radical (unpaired) electrons. The molecule has 2 amide bonds. The van der Waals surface area contributed by atoms with Gasteiger partial charge in [0.1, 0.15) is 0 Å². The summed E-state index contributed by atoms with van der Waals surface area (Å²) >= 11 is 2.69. The van der Waals surface area contributed by atoms with Crippen LogP contribution in [0, 0.1) is 0 Å². The maximum absolute atomic E-state index is 12.2. The fourth-order valence-corrected chi connectivity index (χ4v) is 4.30. The lowest BCUT2D eigenvalue weighted by molar-refractivity contribution is -0.116. The van der Waals surface area contributed by atoms with E-state index in [0.29, 0.717) is 15.4 Å². The van der Waals surface area contributed by atoms with Crippen LogP contribution in [0.2, 0.25) is 0 Å². The smallest absolute Gasteiger partial charge is 0.234 e. The number of aromatic nitrogens is 2. The Hall–Kier alpha value is -1.93. The van der Waals surface area contributed by atoms with Crippen molar-refractivity contribution in [3.8, 4) is 0 Å². The first-order valence-corrected chi connectivity index (χ1v) is 10.4. The van der Waals surface area contributed by atoms with Crippen LogP contribution in [0.25, 0.3) is 0 Å². The summed E-state index contributed by atoms with van der Waals surface area (Å²) in [6.45, 7) is 5.79. The molecule has 1 aliphatic rings. The van der Waals surface area contributed by atoms with Crippen LogP contribution < -0.4 is 10.2 Å². The van der Waals surface area contributed by atoms with Crippen LogP contribution >= 0.6 is 23.1 Å². The molecule has 0 aliphatic heterocycles. The van der Waals surface area contributed by atoms with E-state index in [1.54, 1.807) is 11.8 Å². The summed E-state index contributed by atoms with van der Waals surface area (Å²) in [5.41, 5.74) is 1.99. The van der Waals surface area contributed by atoms with Crippen LogP contribution in [0.1, 0.15) is 45.1 Å². The van der Waals surface area contributed by atoms with E-state index < -0.39 is 0 Å². The average molecular weight is 391 g/mol. The van der Waals surface area contributed by atoms with Gasteiger partial charge in [-0.1, -0.05) is 49.1 Å². The molecule has 1 fully saturated rings. The van der Waals surface area contributed by atoms with Crippen LogP contribution in [0.3, 0.4) is 0 Å². The Morgan fingerprint density at radius 2 is 2.12 bits per heavy atom. The van der Waals surface area contributed by atoms with Crippen molar-refractivity contribution in [2.45, 2.75) is 49.9 Å². The molecular formula is C18H22N4O2S2. The van der Waals surface area contributed by atoms with E-state index in [1.807, 2.05) is 18.2 Å². The summed E-state index contributed by atoms with van der Waals surface area (Å²) in [5.74, 6) is 0.572. The highest BCUT2D eigenvalue weighted by Gasteiger charge is 2.34. The second-order valence-electron chi connectivity index (χ2n) is 6.59. The molecule has 0 bridgehead atoms. The van der Waals surface area contributed by atoms with Gasteiger partial charge in [0.25, 0.3) is 0 Å². The average Bonchev–Trinajstić information content (AvgIpc) is 3.30. The molecule has 138 valence electrons. The van der Waals surface area contributed by atoms with Crippen molar-refractivity contribution in [2.75, 3.05) is 16.0 Å². The second-order valence-corrected chi connectivity index (χ2v) is 8.77. The summed E-state index contributed by atoms with van der Waals surface area (Å²) in [5, 5.41) is 11.8. The van der Waals surface area contributed by atoms with Gasteiger partial charge < -0.3 is 5.32 Å². The molecule has 1 aliphatic carbocycles. The zero-order valence-electron chi connectivity index (χ0n) is 15.1. The van der Waals surface area contributed by atoms with E-state index in [1.165, 1.54) is 28.7 Å². The summed E-state index contributed by atoms with van der Waals surface area (Å²) in [4.78, 5) is 25.7. The van der Waals surface area contributed by atoms with Gasteiger partial charge in [-0.15, -0.1) is 10.2 Å². The molecule has 2 aromatic rings. The summed E-state index contributed by atoms with van der Waals surface area (Å²) in [6, 6.07) is 8.14. The second kappa shape index (κ2) is 8.18. The zero-order chi connectivity index (χ0) is 18.7. The number of nitrogens with one attached hydrogen (secondary N) is 1. The van der Waals surface area contributed by atoms with Crippen molar-refractivity contribution in [3.63, 3.8) is 0 Å². The van der Waals surface area contributed by atoms with E-state index >= 15 is 0 Å². The number of rotatable bonds is 7. The molecule has 3 rings (SSSR count). The monoisotopic (exact) mass is 390 g/mol. The molecule has 1 saturated carbocycles. The largest absolute Gasteiger partial charge is 0.325 e. The van der Waals surface area contributed by atoms with Crippen LogP contribution in [0.15, 0.2) is 28.6 Å². The Morgan fingerprint density at radius 1 is 1.35 bits per heavy atom. The molecule has 0 atom stereocenters. The van der Waals surface area contributed by atoms with Gasteiger partial charge in [0.15, 0.2) is 4.34 Å². The molecule has 0 saturated heterocycles. The number of anilines is 2. The number of thioether (sulfide) groups is 1. The summed E-state index contributed by atoms with van der Waals surface area (Å²) in [7, 11) is 0. The van der Waals surface area contributed by atoms with Crippen LogP contribution in [0.4, 0.5) is 10.8 Å². The maximum atomic E-state index is 12.2. The predicted molar refractivity (Wildman–Crippen MR) is 106 cm³/mol. The Balaban J connectivity index is 1.55. The molecular weight excluding hydrogens is 368 g/mol. The Kier molecular flexibility index (Phi) is 5.93. The third-order valence-electron chi connectivity index (χ3n) is 4.02. The molecule has 1 heterocycles. The third-order valence-corrected chi connectivity index (χ3v) is 6.07. The van der Waals surface area contributed by atoms with E-state index in [-0.39, 0.29) is 23.6 Å². The molecule has 1 N–H and O–H groups in total. The fraction of sp³-hybridized carbons (Fsp3) is 0.444. The van der Waals surface area contributed by atoms with Crippen molar-refractivity contribution >= 4 is 45.7 Å². The molecule has 0 unspecified atom stereocenters. The summed E-state index contributed by atoms with van der Waals surface area (Å²) in [6.07, 6.45) is 2.03. The third kappa shape index (κ3) is 4.82. The Bertz CT molecular complexity index is 802. The van der Waals surface area contributed by atoms with Crippen LogP contribution in [0.5, 0.6) is 0 Å². The highest BCUT2D eigenvalue weighted by Crippen LogP contribution is 2.35. The fourth-order valence-electron chi connectivity index (χ4n) is 2.54. The van der Waals surface area contributed by atoms with Gasteiger partial charge in [-0.2, -0.15) is 0 Å². The lowest BCUT2D eigenvalue weighted by Crippen LogP contribution is -2.30. The molecule has 1 aromatic carbocycles. The minimum Gasteiger partial charge on any atom is -0.325 e. The number of nitrogens with zero attached hydrogens (tertiary/aromatic N) is 3. The summed E-state index contributed by atoms with van der Waals surface area (Å²) < 4.78 is 0.693. The van der Waals surface area contributed by atoms with E-state index in [2.05, 4.69) is 35.4 Å². The van der Waals surface area contributed by atoms with Crippen molar-refractivity contribution in [2.24, 2.45) is 0 Å². The first-order chi connectivity index (χ1) is 12.4. The molecule has 0 spiro atoms. The number of hydrogen-bond acceptors (Lipinski definition) is 6. The predicted octanol–water partition coefficient (Wildman–Crippen LogP) is 3.91. The quantitative estimate of drug-likeness (QED) is 0.573. The topological polar surface area (TPSA) is 75.2 Å². The van der Waals surface area contributed by atoms with Crippen LogP contribution in [-0.2, 0) is 9.59 Å². The highest BCUT2D eigenvalue weighted by atomic mass is 32.2. The number of benzene rings is 1. The zero-order valence-corrected chi connectivity index (χ0v) is 16.7. The standard InChI is InChI=1S/C18H22N4O2S2/c1-11(2)13-5-4-6-14(9-13)19-16(24)10-25-18-21-20-17(26-18)22(12(3)23)15-7-8-15/h4-6,9,11,15H,7-8,10H2,1-3H3,(H,19,24). The SMILES string of the molecule is CC(=O)N(c1nnc(SCC(=O)Nc2cccc(C(C)C)c2)s1)C1CC1. The van der Waals surface area contributed by atoms with Gasteiger partial charge in [0.05, 0.1) is 5.75 Å². The number of carbonyl (C=O) groups is 2. The van der Waals surface area contributed by atoms with Gasteiger partial charge in [0, 0.05) is 18.7 Å². The first-order valence-electron chi connectivity index (χ1n) is 8.60. The van der Waals surface area contributed by atoms with Crippen molar-refractivity contribution in [3.05, 3.63) is 29.8 Å². The van der Waals surface area contributed by atoms with E-state index in [9.17, 15) is 9.59 Å². The van der Waals surface area contributed by atoms with Gasteiger partial charge >= 0.3 is 0 Å². The van der Waals surface area contributed by atoms with E-state index in [0.717, 1.165) is 18.5 Å². The minimum atomic E-state index is -0.0849. The Labute approximate surface area is 161 Å². The number of carbonyl (C=O) groups excluding carboxylic acids is 2. The molecule has 8 heteroatoms. The number of amides is 2. The molecule has 1 aromatic heterocycles. The highest BCUT2D eigenvalue weighted by molar-refractivity contribution is 8.01. The van der Waals surface area contributed by atoms with Crippen LogP contribution in [-0.4, -0.2) is 33.8 Å². The first kappa shape index (κ1) is 18.8. The Morgan fingerprint density at radius 3 is 2.77 bits per heavy atom. The maximum Gasteiger partial charge on any atom is 0.234 e. The van der Waals surface area contributed by atoms with Gasteiger partial charge in [-0.25, -0.2) is 0 Å². The van der Waals surface area contributed by atoms with Crippen molar-refractivity contribution in [1.82, 2.24) is 10.2 Å². The van der Waals surface area contributed by atoms with E-state index in [4.69, 9.17) is 0 Å². The van der Waals surface area contributed by atoms with Gasteiger partial charge in [-0.05, 0) is 36.5 Å². The molecule has 26 heavy (non-hydrogen) atoms. The lowest BCUT2D eigenvalue weighted by atomic mass is 10.0. The number of hydrogen-bond donors (Lipinski definition) is 1. The normalized spacial score (nSPS) is 13.7. The minimum absolute atomic E-state index is 0.0111. The molecule has 6 nitrogen and oxygen atoms in total. The van der Waals surface area contributed by atoms with Crippen molar-refractivity contribution < 1.29 is 9.59 Å². The lowest BCUT2D eigenvalue weighted by Gasteiger charge is -2.15. The van der Waals surface area contributed by atoms with Gasteiger partial charge in [0.2, 0.25) is 16.9 Å². The van der Waals surface area contributed by atoms with Gasteiger partial charge in [-0.3, -0.25) is 14.5 Å². The van der Waals surface area contributed by atoms with Crippen molar-refractivity contribution in [1.29, 1.82) is 0 Å².